The van der Waals surface area contributed by atoms with E-state index in [1.807, 2.05) is 36.4 Å². The predicted octanol–water partition coefficient (Wildman–Crippen LogP) is 5.67. The summed E-state index contributed by atoms with van der Waals surface area (Å²) in [6.07, 6.45) is 0. The van der Waals surface area contributed by atoms with Crippen molar-refractivity contribution in [2.45, 2.75) is 64.7 Å². The van der Waals surface area contributed by atoms with E-state index < -0.39 is 11.4 Å². The van der Waals surface area contributed by atoms with E-state index in [1.165, 1.54) is 0 Å². The number of carbonyl (C=O) groups is 1. The van der Waals surface area contributed by atoms with Gasteiger partial charge >= 0.3 is 5.97 Å². The first kappa shape index (κ1) is 19.2. The van der Waals surface area contributed by atoms with Crippen LogP contribution >= 0.6 is 0 Å². The Labute approximate surface area is 151 Å². The summed E-state index contributed by atoms with van der Waals surface area (Å²) >= 11 is 0. The first-order valence-corrected chi connectivity index (χ1v) is 8.82. The molecule has 0 bridgehead atoms. The molecule has 2 nitrogen and oxygen atoms in total. The molecule has 1 N–H and O–H groups in total. The highest BCUT2D eigenvalue weighted by molar-refractivity contribution is 5.85. The van der Waals surface area contributed by atoms with Crippen LogP contribution in [0.1, 0.15) is 70.7 Å². The second kappa shape index (κ2) is 6.33. The molecule has 2 rings (SSSR count). The Morgan fingerprint density at radius 1 is 0.680 bits per heavy atom. The number of hydrogen-bond acceptors (Lipinski definition) is 1. The molecule has 0 aliphatic carbocycles. The van der Waals surface area contributed by atoms with Crippen molar-refractivity contribution in [3.63, 3.8) is 0 Å². The summed E-state index contributed by atoms with van der Waals surface area (Å²) < 4.78 is 0. The monoisotopic (exact) mass is 338 g/mol. The zero-order valence-corrected chi connectivity index (χ0v) is 16.5. The van der Waals surface area contributed by atoms with Crippen LogP contribution in [0.15, 0.2) is 48.5 Å². The van der Waals surface area contributed by atoms with Gasteiger partial charge in [-0.15, -0.1) is 0 Å². The molecule has 2 aromatic carbocycles. The molecule has 0 amide bonds. The fourth-order valence-electron chi connectivity index (χ4n) is 3.01. The van der Waals surface area contributed by atoms with Crippen LogP contribution in [-0.4, -0.2) is 11.1 Å². The maximum atomic E-state index is 12.3. The lowest BCUT2D eigenvalue weighted by Gasteiger charge is -2.30. The zero-order valence-electron chi connectivity index (χ0n) is 16.5. The number of rotatable bonds is 3. The van der Waals surface area contributed by atoms with Crippen molar-refractivity contribution in [3.05, 3.63) is 70.8 Å². The van der Waals surface area contributed by atoms with Gasteiger partial charge < -0.3 is 5.11 Å². The van der Waals surface area contributed by atoms with E-state index in [-0.39, 0.29) is 10.8 Å². The van der Waals surface area contributed by atoms with E-state index in [9.17, 15) is 9.90 Å². The summed E-state index contributed by atoms with van der Waals surface area (Å²) in [4.78, 5) is 12.3. The van der Waals surface area contributed by atoms with Crippen LogP contribution in [-0.2, 0) is 21.0 Å². The number of aliphatic carboxylic acids is 1. The third-order valence-corrected chi connectivity index (χ3v) is 5.04. The summed E-state index contributed by atoms with van der Waals surface area (Å²) in [5.41, 5.74) is 2.79. The highest BCUT2D eigenvalue weighted by Gasteiger charge is 2.38. The van der Waals surface area contributed by atoms with E-state index >= 15 is 0 Å². The third-order valence-electron chi connectivity index (χ3n) is 5.04. The summed E-state index contributed by atoms with van der Waals surface area (Å²) in [7, 11) is 0. The second-order valence-electron chi connectivity index (χ2n) is 9.09. The fourth-order valence-corrected chi connectivity index (χ4v) is 3.01. The SMILES string of the molecule is CC(C)(C)c1cccc(C(C)(C(=O)O)c2cccc(C(C)(C)C)c2)c1. The van der Waals surface area contributed by atoms with E-state index in [4.69, 9.17) is 0 Å². The first-order valence-electron chi connectivity index (χ1n) is 8.82. The standard InChI is InChI=1S/C23H30O2/c1-21(2,3)16-10-8-12-18(14-16)23(7,20(24)25)19-13-9-11-17(15-19)22(4,5)6/h8-15H,1-7H3,(H,24,25). The Hall–Kier alpha value is -2.09. The first-order chi connectivity index (χ1) is 11.4. The summed E-state index contributed by atoms with van der Waals surface area (Å²) in [6.45, 7) is 14.7. The van der Waals surface area contributed by atoms with Gasteiger partial charge in [-0.2, -0.15) is 0 Å². The summed E-state index contributed by atoms with van der Waals surface area (Å²) in [6, 6.07) is 16.0. The molecule has 2 aromatic rings. The minimum absolute atomic E-state index is 0.0251. The normalized spacial score (nSPS) is 12.9. The Bertz CT molecular complexity index is 716. The minimum atomic E-state index is -1.08. The highest BCUT2D eigenvalue weighted by Crippen LogP contribution is 2.36. The predicted molar refractivity (Wildman–Crippen MR) is 104 cm³/mol. The molecule has 0 saturated heterocycles. The lowest BCUT2D eigenvalue weighted by molar-refractivity contribution is -0.141. The van der Waals surface area contributed by atoms with Crippen LogP contribution in [0.2, 0.25) is 0 Å². The van der Waals surface area contributed by atoms with Crippen molar-refractivity contribution in [2.75, 3.05) is 0 Å². The quantitative estimate of drug-likeness (QED) is 0.782. The van der Waals surface area contributed by atoms with Gasteiger partial charge in [0.2, 0.25) is 0 Å². The Morgan fingerprint density at radius 3 is 1.28 bits per heavy atom. The van der Waals surface area contributed by atoms with Gasteiger partial charge in [0.15, 0.2) is 0 Å². The summed E-state index contributed by atoms with van der Waals surface area (Å²) in [5.74, 6) is -0.829. The minimum Gasteiger partial charge on any atom is -0.480 e. The van der Waals surface area contributed by atoms with Crippen LogP contribution in [0.5, 0.6) is 0 Å². The molecule has 0 unspecified atom stereocenters. The second-order valence-corrected chi connectivity index (χ2v) is 9.09. The molecular formula is C23H30O2. The van der Waals surface area contributed by atoms with Crippen molar-refractivity contribution in [3.8, 4) is 0 Å². The number of carboxylic acids is 1. The molecule has 0 atom stereocenters. The Balaban J connectivity index is 2.67. The molecule has 0 radical (unpaired) electrons. The molecule has 0 spiro atoms. The maximum Gasteiger partial charge on any atom is 0.318 e. The number of hydrogen-bond donors (Lipinski definition) is 1. The number of carboxylic acid groups (broad SMARTS) is 1. The van der Waals surface area contributed by atoms with Crippen molar-refractivity contribution in [1.82, 2.24) is 0 Å². The van der Waals surface area contributed by atoms with Gasteiger partial charge in [0.25, 0.3) is 0 Å². The maximum absolute atomic E-state index is 12.3. The fraction of sp³-hybridized carbons (Fsp3) is 0.435. The molecular weight excluding hydrogens is 308 g/mol. The lowest BCUT2D eigenvalue weighted by Crippen LogP contribution is -2.34. The van der Waals surface area contributed by atoms with Crippen LogP contribution in [0.3, 0.4) is 0 Å². The molecule has 0 aliphatic rings. The van der Waals surface area contributed by atoms with Gasteiger partial charge in [0.1, 0.15) is 5.41 Å². The van der Waals surface area contributed by atoms with Crippen molar-refractivity contribution in [2.24, 2.45) is 0 Å². The van der Waals surface area contributed by atoms with E-state index in [0.29, 0.717) is 0 Å². The Morgan fingerprint density at radius 2 is 1.00 bits per heavy atom. The smallest absolute Gasteiger partial charge is 0.318 e. The lowest BCUT2D eigenvalue weighted by atomic mass is 9.73. The van der Waals surface area contributed by atoms with Gasteiger partial charge in [-0.1, -0.05) is 90.1 Å². The van der Waals surface area contributed by atoms with E-state index in [0.717, 1.165) is 22.3 Å². The third kappa shape index (κ3) is 3.78. The van der Waals surface area contributed by atoms with Gasteiger partial charge in [0, 0.05) is 0 Å². The van der Waals surface area contributed by atoms with E-state index in [2.05, 4.69) is 53.7 Å². The van der Waals surface area contributed by atoms with Crippen LogP contribution in [0, 0.1) is 0 Å². The average Bonchev–Trinajstić information content (AvgIpc) is 2.52. The van der Waals surface area contributed by atoms with Crippen LogP contribution in [0.25, 0.3) is 0 Å². The van der Waals surface area contributed by atoms with Crippen LogP contribution < -0.4 is 0 Å². The zero-order chi connectivity index (χ0) is 19.0. The van der Waals surface area contributed by atoms with E-state index in [1.54, 1.807) is 6.92 Å². The van der Waals surface area contributed by atoms with Gasteiger partial charge in [-0.3, -0.25) is 4.79 Å². The molecule has 0 aromatic heterocycles. The van der Waals surface area contributed by atoms with Crippen molar-refractivity contribution < 1.29 is 9.90 Å². The van der Waals surface area contributed by atoms with Crippen molar-refractivity contribution in [1.29, 1.82) is 0 Å². The van der Waals surface area contributed by atoms with Gasteiger partial charge in [-0.05, 0) is 40.0 Å². The van der Waals surface area contributed by atoms with Crippen molar-refractivity contribution >= 4 is 5.97 Å². The molecule has 25 heavy (non-hydrogen) atoms. The molecule has 0 aliphatic heterocycles. The average molecular weight is 338 g/mol. The molecule has 0 heterocycles. The summed E-state index contributed by atoms with van der Waals surface area (Å²) in [5, 5.41) is 10.1. The number of benzene rings is 2. The molecule has 0 fully saturated rings. The molecule has 134 valence electrons. The largest absolute Gasteiger partial charge is 0.480 e. The molecule has 0 saturated carbocycles. The highest BCUT2D eigenvalue weighted by atomic mass is 16.4. The van der Waals surface area contributed by atoms with Gasteiger partial charge in [0.05, 0.1) is 0 Å². The van der Waals surface area contributed by atoms with Crippen LogP contribution in [0.4, 0.5) is 0 Å². The topological polar surface area (TPSA) is 37.3 Å². The van der Waals surface area contributed by atoms with Gasteiger partial charge in [-0.25, -0.2) is 0 Å². The molecule has 2 heteroatoms. The Kier molecular flexibility index (Phi) is 4.87.